The quantitative estimate of drug-likeness (QED) is 0.549. The number of aryl methyl sites for hydroxylation is 2. The number of rotatable bonds is 8. The third kappa shape index (κ3) is 5.40. The van der Waals surface area contributed by atoms with Crippen LogP contribution >= 0.6 is 11.3 Å². The fourth-order valence-corrected chi connectivity index (χ4v) is 4.82. The number of amides is 1. The Labute approximate surface area is 181 Å². The molecule has 8 heteroatoms. The first-order chi connectivity index (χ1) is 14.3. The van der Waals surface area contributed by atoms with Gasteiger partial charge in [-0.15, -0.1) is 11.3 Å². The van der Waals surface area contributed by atoms with E-state index in [1.165, 1.54) is 7.11 Å². The van der Waals surface area contributed by atoms with E-state index in [1.807, 2.05) is 31.4 Å². The Hall–Kier alpha value is -2.84. The van der Waals surface area contributed by atoms with Gasteiger partial charge in [-0.05, 0) is 66.2 Å². The molecular weight excluding hydrogens is 420 g/mol. The van der Waals surface area contributed by atoms with Gasteiger partial charge in [0.1, 0.15) is 10.6 Å². The Morgan fingerprint density at radius 2 is 1.77 bits per heavy atom. The van der Waals surface area contributed by atoms with E-state index >= 15 is 0 Å². The first-order valence-corrected chi connectivity index (χ1v) is 11.7. The van der Waals surface area contributed by atoms with Crippen molar-refractivity contribution in [3.05, 3.63) is 75.5 Å². The molecule has 2 N–H and O–H groups in total. The van der Waals surface area contributed by atoms with Crippen molar-refractivity contribution < 1.29 is 17.9 Å². The number of thiophene rings is 1. The fraction of sp³-hybridized carbons (Fsp3) is 0.227. The minimum atomic E-state index is -3.82. The van der Waals surface area contributed by atoms with Crippen LogP contribution in [0.25, 0.3) is 0 Å². The summed E-state index contributed by atoms with van der Waals surface area (Å²) in [6.45, 7) is 4.26. The van der Waals surface area contributed by atoms with Crippen molar-refractivity contribution in [2.24, 2.45) is 0 Å². The number of anilines is 1. The Balaban J connectivity index is 1.66. The average Bonchev–Trinajstić information content (AvgIpc) is 3.23. The fourth-order valence-electron chi connectivity index (χ4n) is 2.88. The van der Waals surface area contributed by atoms with E-state index in [0.717, 1.165) is 21.6 Å². The van der Waals surface area contributed by atoms with Crippen LogP contribution in [-0.2, 0) is 27.8 Å². The molecule has 1 amide bonds. The molecule has 0 unspecified atom stereocenters. The van der Waals surface area contributed by atoms with Crippen LogP contribution in [0.4, 0.5) is 5.69 Å². The number of hydrogen-bond donors (Lipinski definition) is 2. The molecule has 0 radical (unpaired) electrons. The molecule has 1 aromatic heterocycles. The molecule has 0 aliphatic carbocycles. The minimum Gasteiger partial charge on any atom is -0.495 e. The lowest BCUT2D eigenvalue weighted by Gasteiger charge is -2.14. The number of benzene rings is 2. The molecule has 0 fully saturated rings. The molecule has 2 aromatic carbocycles. The standard InChI is InChI=1S/C22H24N2O4S2/c1-15-11-20(28-3)21(12-16(15)2)30(26,27)24-18-8-6-17(7-9-18)13-22(25)23-14-19-5-4-10-29-19/h4-12,24H,13-14H2,1-3H3,(H,23,25). The largest absolute Gasteiger partial charge is 0.495 e. The topological polar surface area (TPSA) is 84.5 Å². The van der Waals surface area contributed by atoms with Crippen LogP contribution in [-0.4, -0.2) is 21.4 Å². The maximum Gasteiger partial charge on any atom is 0.265 e. The van der Waals surface area contributed by atoms with Crippen molar-refractivity contribution in [3.8, 4) is 5.75 Å². The van der Waals surface area contributed by atoms with Gasteiger partial charge < -0.3 is 10.1 Å². The summed E-state index contributed by atoms with van der Waals surface area (Å²) in [5, 5.41) is 4.84. The maximum absolute atomic E-state index is 12.9. The minimum absolute atomic E-state index is 0.0865. The second-order valence-electron chi connectivity index (χ2n) is 6.92. The molecule has 0 bridgehead atoms. The van der Waals surface area contributed by atoms with Crippen LogP contribution in [0.2, 0.25) is 0 Å². The summed E-state index contributed by atoms with van der Waals surface area (Å²) < 4.78 is 33.5. The van der Waals surface area contributed by atoms with Crippen LogP contribution in [0.15, 0.2) is 58.8 Å². The lowest BCUT2D eigenvalue weighted by atomic mass is 10.1. The van der Waals surface area contributed by atoms with Gasteiger partial charge in [-0.1, -0.05) is 18.2 Å². The summed E-state index contributed by atoms with van der Waals surface area (Å²) in [4.78, 5) is 13.3. The lowest BCUT2D eigenvalue weighted by molar-refractivity contribution is -0.120. The van der Waals surface area contributed by atoms with E-state index in [2.05, 4.69) is 10.0 Å². The van der Waals surface area contributed by atoms with Crippen LogP contribution in [0, 0.1) is 13.8 Å². The Bertz CT molecular complexity index is 1120. The van der Waals surface area contributed by atoms with E-state index in [9.17, 15) is 13.2 Å². The summed E-state index contributed by atoms with van der Waals surface area (Å²) in [5.74, 6) is 0.209. The highest BCUT2D eigenvalue weighted by molar-refractivity contribution is 7.92. The molecule has 30 heavy (non-hydrogen) atoms. The number of carbonyl (C=O) groups excluding carboxylic acids is 1. The highest BCUT2D eigenvalue weighted by Gasteiger charge is 2.21. The summed E-state index contributed by atoms with van der Waals surface area (Å²) in [7, 11) is -2.37. The zero-order valence-electron chi connectivity index (χ0n) is 17.1. The van der Waals surface area contributed by atoms with Crippen LogP contribution in [0.1, 0.15) is 21.6 Å². The van der Waals surface area contributed by atoms with Gasteiger partial charge in [-0.2, -0.15) is 0 Å². The van der Waals surface area contributed by atoms with Crippen molar-refractivity contribution in [1.82, 2.24) is 5.32 Å². The van der Waals surface area contributed by atoms with Gasteiger partial charge in [-0.25, -0.2) is 8.42 Å². The Morgan fingerprint density at radius 1 is 1.07 bits per heavy atom. The molecule has 158 valence electrons. The normalized spacial score (nSPS) is 11.2. The number of nitrogens with one attached hydrogen (secondary N) is 2. The molecular formula is C22H24N2O4S2. The first-order valence-electron chi connectivity index (χ1n) is 9.34. The van der Waals surface area contributed by atoms with Crippen LogP contribution in [0.5, 0.6) is 5.75 Å². The molecule has 3 aromatic rings. The van der Waals surface area contributed by atoms with E-state index in [1.54, 1.807) is 47.7 Å². The summed E-state index contributed by atoms with van der Waals surface area (Å²) in [5.41, 5.74) is 3.02. The van der Waals surface area contributed by atoms with Crippen molar-refractivity contribution in [1.29, 1.82) is 0 Å². The molecule has 0 saturated heterocycles. The molecule has 0 aliphatic rings. The number of sulfonamides is 1. The number of methoxy groups -OCH3 is 1. The molecule has 3 rings (SSSR count). The molecule has 0 saturated carbocycles. The van der Waals surface area contributed by atoms with Crippen molar-refractivity contribution in [2.75, 3.05) is 11.8 Å². The van der Waals surface area contributed by atoms with Crippen molar-refractivity contribution in [2.45, 2.75) is 31.7 Å². The first kappa shape index (κ1) is 21.9. The molecule has 1 heterocycles. The number of ether oxygens (including phenoxy) is 1. The van der Waals surface area contributed by atoms with Gasteiger partial charge in [0, 0.05) is 10.6 Å². The third-order valence-electron chi connectivity index (χ3n) is 4.68. The van der Waals surface area contributed by atoms with E-state index in [0.29, 0.717) is 18.0 Å². The molecule has 0 aliphatic heterocycles. The zero-order chi connectivity index (χ0) is 21.7. The number of carbonyl (C=O) groups is 1. The smallest absolute Gasteiger partial charge is 0.265 e. The second kappa shape index (κ2) is 9.32. The van der Waals surface area contributed by atoms with E-state index < -0.39 is 10.0 Å². The molecule has 6 nitrogen and oxygen atoms in total. The molecule has 0 spiro atoms. The average molecular weight is 445 g/mol. The second-order valence-corrected chi connectivity index (χ2v) is 9.61. The van der Waals surface area contributed by atoms with Crippen LogP contribution < -0.4 is 14.8 Å². The Kier molecular flexibility index (Phi) is 6.79. The highest BCUT2D eigenvalue weighted by Crippen LogP contribution is 2.29. The molecule has 0 atom stereocenters. The third-order valence-corrected chi connectivity index (χ3v) is 6.96. The lowest BCUT2D eigenvalue weighted by Crippen LogP contribution is -2.24. The van der Waals surface area contributed by atoms with Crippen molar-refractivity contribution in [3.63, 3.8) is 0 Å². The number of hydrogen-bond acceptors (Lipinski definition) is 5. The zero-order valence-corrected chi connectivity index (χ0v) is 18.7. The van der Waals surface area contributed by atoms with Crippen LogP contribution in [0.3, 0.4) is 0 Å². The predicted molar refractivity (Wildman–Crippen MR) is 120 cm³/mol. The van der Waals surface area contributed by atoms with Gasteiger partial charge in [0.2, 0.25) is 5.91 Å². The summed E-state index contributed by atoms with van der Waals surface area (Å²) in [6, 6.07) is 14.0. The van der Waals surface area contributed by atoms with Gasteiger partial charge in [0.05, 0.1) is 20.1 Å². The van der Waals surface area contributed by atoms with E-state index in [-0.39, 0.29) is 17.2 Å². The van der Waals surface area contributed by atoms with Crippen molar-refractivity contribution >= 4 is 33.0 Å². The van der Waals surface area contributed by atoms with Gasteiger partial charge in [-0.3, -0.25) is 9.52 Å². The predicted octanol–water partition coefficient (Wildman–Crippen LogP) is 4.03. The Morgan fingerprint density at radius 3 is 2.40 bits per heavy atom. The van der Waals surface area contributed by atoms with Gasteiger partial charge >= 0.3 is 0 Å². The summed E-state index contributed by atoms with van der Waals surface area (Å²) >= 11 is 1.59. The summed E-state index contributed by atoms with van der Waals surface area (Å²) in [6.07, 6.45) is 0.226. The van der Waals surface area contributed by atoms with E-state index in [4.69, 9.17) is 4.74 Å². The monoisotopic (exact) mass is 444 g/mol. The van der Waals surface area contributed by atoms with Gasteiger partial charge in [0.15, 0.2) is 0 Å². The highest BCUT2D eigenvalue weighted by atomic mass is 32.2. The maximum atomic E-state index is 12.9. The SMILES string of the molecule is COc1cc(C)c(C)cc1S(=O)(=O)Nc1ccc(CC(=O)NCc2cccs2)cc1. The van der Waals surface area contributed by atoms with Gasteiger partial charge in [0.25, 0.3) is 10.0 Å².